The van der Waals surface area contributed by atoms with Crippen molar-refractivity contribution in [3.8, 4) is 0 Å². The van der Waals surface area contributed by atoms with Crippen LogP contribution in [0, 0.1) is 0 Å². The number of urea groups is 1. The SMILES string of the molecule is NC(N)=[NH+]CCCCCNC(=O)NCC(NC(=O)C1CCCN1S(=O)(=O)c1ccccc1)C(=O)O. The molecule has 1 aliphatic rings. The van der Waals surface area contributed by atoms with Crippen molar-refractivity contribution < 1.29 is 32.9 Å². The normalized spacial score (nSPS) is 16.7. The molecule has 194 valence electrons. The number of rotatable bonds is 13. The second-order valence-corrected chi connectivity index (χ2v) is 9.96. The number of carboxylic acids is 1. The molecule has 0 saturated carbocycles. The molecule has 2 atom stereocenters. The molecule has 1 aromatic carbocycles. The molecule has 0 radical (unpaired) electrons. The highest BCUT2D eigenvalue weighted by molar-refractivity contribution is 7.89. The quantitative estimate of drug-likeness (QED) is 0.0833. The van der Waals surface area contributed by atoms with E-state index in [1.807, 2.05) is 0 Å². The molecule has 0 spiro atoms. The fourth-order valence-electron chi connectivity index (χ4n) is 3.60. The van der Waals surface area contributed by atoms with Gasteiger partial charge < -0.3 is 21.1 Å². The van der Waals surface area contributed by atoms with Gasteiger partial charge in [0.15, 0.2) is 0 Å². The van der Waals surface area contributed by atoms with Gasteiger partial charge in [0.1, 0.15) is 12.1 Å². The number of guanidine groups is 1. The summed E-state index contributed by atoms with van der Waals surface area (Å²) in [5.74, 6) is -1.92. The van der Waals surface area contributed by atoms with Crippen LogP contribution in [0.1, 0.15) is 32.1 Å². The number of carbonyl (C=O) groups is 3. The van der Waals surface area contributed by atoms with E-state index in [1.54, 1.807) is 18.2 Å². The number of nitrogens with two attached hydrogens (primary N) is 2. The smallest absolute Gasteiger partial charge is 0.338 e. The van der Waals surface area contributed by atoms with E-state index in [0.717, 1.165) is 17.1 Å². The number of amides is 3. The van der Waals surface area contributed by atoms with Gasteiger partial charge >= 0.3 is 18.0 Å². The number of hydrogen-bond acceptors (Lipinski definition) is 5. The van der Waals surface area contributed by atoms with Crippen molar-refractivity contribution in [1.29, 1.82) is 0 Å². The van der Waals surface area contributed by atoms with Crippen molar-refractivity contribution in [1.82, 2.24) is 20.3 Å². The molecule has 3 amide bonds. The van der Waals surface area contributed by atoms with Crippen LogP contribution >= 0.6 is 0 Å². The number of hydrogen-bond donors (Lipinski definition) is 7. The van der Waals surface area contributed by atoms with Gasteiger partial charge in [-0.1, -0.05) is 18.2 Å². The number of nitrogens with zero attached hydrogens (tertiary/aromatic N) is 1. The first-order valence-corrected chi connectivity index (χ1v) is 12.8. The monoisotopic (exact) mass is 512 g/mol. The molecule has 1 aliphatic heterocycles. The first-order chi connectivity index (χ1) is 16.6. The van der Waals surface area contributed by atoms with Crippen molar-refractivity contribution >= 4 is 33.9 Å². The van der Waals surface area contributed by atoms with Crippen LogP contribution in [0.2, 0.25) is 0 Å². The second-order valence-electron chi connectivity index (χ2n) is 8.07. The van der Waals surface area contributed by atoms with Crippen molar-refractivity contribution in [2.24, 2.45) is 11.5 Å². The van der Waals surface area contributed by atoms with E-state index in [2.05, 4.69) is 20.9 Å². The van der Waals surface area contributed by atoms with Gasteiger partial charge in [0.2, 0.25) is 15.9 Å². The summed E-state index contributed by atoms with van der Waals surface area (Å²) in [6.07, 6.45) is 3.07. The minimum absolute atomic E-state index is 0.0610. The van der Waals surface area contributed by atoms with Crippen LogP contribution in [-0.2, 0) is 19.6 Å². The Hall–Kier alpha value is -3.39. The van der Waals surface area contributed by atoms with Crippen molar-refractivity contribution in [2.75, 3.05) is 26.2 Å². The summed E-state index contributed by atoms with van der Waals surface area (Å²) in [5.41, 5.74) is 10.6. The molecule has 0 bridgehead atoms. The van der Waals surface area contributed by atoms with Crippen LogP contribution in [-0.4, -0.2) is 80.0 Å². The molecule has 1 fully saturated rings. The van der Waals surface area contributed by atoms with E-state index in [4.69, 9.17) is 11.5 Å². The summed E-state index contributed by atoms with van der Waals surface area (Å²) >= 11 is 0. The van der Waals surface area contributed by atoms with Gasteiger partial charge in [0.05, 0.1) is 18.0 Å². The van der Waals surface area contributed by atoms with Gasteiger partial charge in [-0.05, 0) is 44.2 Å². The van der Waals surface area contributed by atoms with Gasteiger partial charge in [-0.2, -0.15) is 4.31 Å². The summed E-state index contributed by atoms with van der Waals surface area (Å²) in [7, 11) is -3.91. The average Bonchev–Trinajstić information content (AvgIpc) is 3.32. The van der Waals surface area contributed by atoms with Crippen LogP contribution in [0.3, 0.4) is 0 Å². The van der Waals surface area contributed by atoms with Crippen molar-refractivity contribution in [3.63, 3.8) is 0 Å². The highest BCUT2D eigenvalue weighted by Crippen LogP contribution is 2.26. The Labute approximate surface area is 204 Å². The molecule has 2 unspecified atom stereocenters. The predicted molar refractivity (Wildman–Crippen MR) is 127 cm³/mol. The summed E-state index contributed by atoms with van der Waals surface area (Å²) in [4.78, 5) is 39.2. The fourth-order valence-corrected chi connectivity index (χ4v) is 5.28. The zero-order valence-corrected chi connectivity index (χ0v) is 20.2. The number of unbranched alkanes of at least 4 members (excludes halogenated alkanes) is 2. The molecule has 14 heteroatoms. The van der Waals surface area contributed by atoms with E-state index >= 15 is 0 Å². The lowest BCUT2D eigenvalue weighted by molar-refractivity contribution is -0.459. The van der Waals surface area contributed by atoms with E-state index in [-0.39, 0.29) is 30.4 Å². The summed E-state index contributed by atoms with van der Waals surface area (Å²) in [6.45, 7) is 0.800. The Morgan fingerprint density at radius 1 is 1.11 bits per heavy atom. The maximum absolute atomic E-state index is 12.9. The maximum Gasteiger partial charge on any atom is 0.338 e. The average molecular weight is 513 g/mol. The molecule has 0 aliphatic carbocycles. The molecule has 2 rings (SSSR count). The van der Waals surface area contributed by atoms with Gasteiger partial charge in [-0.3, -0.25) is 21.3 Å². The molecule has 1 saturated heterocycles. The van der Waals surface area contributed by atoms with Gasteiger partial charge in [0, 0.05) is 13.1 Å². The third-order valence-electron chi connectivity index (χ3n) is 5.41. The Morgan fingerprint density at radius 3 is 2.49 bits per heavy atom. The largest absolute Gasteiger partial charge is 0.480 e. The number of nitrogens with one attached hydrogen (secondary N) is 4. The van der Waals surface area contributed by atoms with Crippen LogP contribution in [0.4, 0.5) is 4.79 Å². The molecular formula is C21H34N7O6S+. The molecular weight excluding hydrogens is 478 g/mol. The van der Waals surface area contributed by atoms with Crippen molar-refractivity contribution in [3.05, 3.63) is 30.3 Å². The first kappa shape index (κ1) is 27.9. The minimum atomic E-state index is -3.91. The van der Waals surface area contributed by atoms with E-state index in [9.17, 15) is 27.9 Å². The topological polar surface area (TPSA) is 211 Å². The lowest BCUT2D eigenvalue weighted by atomic mass is 10.2. The third-order valence-corrected chi connectivity index (χ3v) is 7.33. The third kappa shape index (κ3) is 8.72. The Kier molecular flexibility index (Phi) is 10.7. The minimum Gasteiger partial charge on any atom is -0.480 e. The Bertz CT molecular complexity index is 999. The van der Waals surface area contributed by atoms with Crippen LogP contribution in [0.15, 0.2) is 35.2 Å². The van der Waals surface area contributed by atoms with Crippen LogP contribution < -0.4 is 32.4 Å². The highest BCUT2D eigenvalue weighted by atomic mass is 32.2. The summed E-state index contributed by atoms with van der Waals surface area (Å²) in [5, 5.41) is 16.9. The highest BCUT2D eigenvalue weighted by Gasteiger charge is 2.40. The molecule has 13 nitrogen and oxygen atoms in total. The lowest BCUT2D eigenvalue weighted by Gasteiger charge is -2.25. The van der Waals surface area contributed by atoms with E-state index in [1.165, 1.54) is 12.1 Å². The summed E-state index contributed by atoms with van der Waals surface area (Å²) < 4.78 is 27.0. The summed E-state index contributed by atoms with van der Waals surface area (Å²) in [6, 6.07) is 4.72. The van der Waals surface area contributed by atoms with E-state index in [0.29, 0.717) is 25.9 Å². The fraction of sp³-hybridized carbons (Fsp3) is 0.524. The number of carboxylic acid groups (broad SMARTS) is 1. The zero-order chi connectivity index (χ0) is 25.8. The number of aliphatic carboxylic acids is 1. The molecule has 1 aromatic rings. The van der Waals surface area contributed by atoms with Gasteiger partial charge in [-0.25, -0.2) is 18.0 Å². The lowest BCUT2D eigenvalue weighted by Crippen LogP contribution is -2.78. The van der Waals surface area contributed by atoms with Gasteiger partial charge in [0.25, 0.3) is 0 Å². The molecule has 35 heavy (non-hydrogen) atoms. The van der Waals surface area contributed by atoms with E-state index < -0.39 is 40.0 Å². The maximum atomic E-state index is 12.9. The van der Waals surface area contributed by atoms with Crippen LogP contribution in [0.5, 0.6) is 0 Å². The second kappa shape index (κ2) is 13.5. The molecule has 1 heterocycles. The number of benzene rings is 1. The van der Waals surface area contributed by atoms with Crippen molar-refractivity contribution in [2.45, 2.75) is 49.1 Å². The standard InChI is InChI=1S/C21H33N7O6S/c22-20(23)24-11-5-2-6-12-25-21(32)26-14-16(19(30)31)27-18(29)17-10-7-13-28(17)35(33,34)15-8-3-1-4-9-15/h1,3-4,8-9,16-17H,2,5-7,10-14H2,(H,27,29)(H,30,31)(H4,22,23,24)(H2,25,26,32)/p+1. The predicted octanol–water partition coefficient (Wildman–Crippen LogP) is -2.77. The van der Waals surface area contributed by atoms with Gasteiger partial charge in [-0.15, -0.1) is 0 Å². The first-order valence-electron chi connectivity index (χ1n) is 11.4. The Morgan fingerprint density at radius 2 is 1.83 bits per heavy atom. The Balaban J connectivity index is 1.83. The zero-order valence-electron chi connectivity index (χ0n) is 19.4. The number of carbonyl (C=O) groups excluding carboxylic acids is 2. The number of sulfonamides is 1. The molecule has 9 N–H and O–H groups in total. The van der Waals surface area contributed by atoms with Crippen LogP contribution in [0.25, 0.3) is 0 Å². The molecule has 0 aromatic heterocycles.